The van der Waals surface area contributed by atoms with Gasteiger partial charge in [0, 0.05) is 37.6 Å². The van der Waals surface area contributed by atoms with E-state index < -0.39 is 0 Å². The molecule has 1 saturated heterocycles. The first-order chi connectivity index (χ1) is 9.24. The number of likely N-dealkylation sites (N-methyl/N-ethyl adjacent to an activating group) is 1. The zero-order valence-electron chi connectivity index (χ0n) is 12.4. The minimum Gasteiger partial charge on any atom is -0.346 e. The summed E-state index contributed by atoms with van der Waals surface area (Å²) in [6.07, 6.45) is 2.27. The van der Waals surface area contributed by atoms with E-state index in [2.05, 4.69) is 36.0 Å². The Kier molecular flexibility index (Phi) is 5.60. The summed E-state index contributed by atoms with van der Waals surface area (Å²) in [6.45, 7) is 10.9. The third-order valence-corrected chi connectivity index (χ3v) is 4.72. The third-order valence-electron chi connectivity index (χ3n) is 3.56. The fraction of sp³-hybridized carbons (Fsp3) is 0.786. The first-order valence-corrected chi connectivity index (χ1v) is 8.19. The first-order valence-electron chi connectivity index (χ1n) is 7.37. The van der Waals surface area contributed by atoms with Gasteiger partial charge in [0.15, 0.2) is 5.13 Å². The standard InChI is InChI=1S/C14H26N4S/c1-4-6-12-13(11-15-5-2)19-14(16-12)18-9-7-17(3)8-10-18/h15H,4-11H2,1-3H3. The number of anilines is 1. The van der Waals surface area contributed by atoms with Gasteiger partial charge >= 0.3 is 0 Å². The van der Waals surface area contributed by atoms with Crippen molar-refractivity contribution in [2.24, 2.45) is 0 Å². The Labute approximate surface area is 120 Å². The Morgan fingerprint density at radius 1 is 1.21 bits per heavy atom. The van der Waals surface area contributed by atoms with Crippen LogP contribution in [0.2, 0.25) is 0 Å². The van der Waals surface area contributed by atoms with Crippen LogP contribution in [0.4, 0.5) is 5.13 Å². The lowest BCUT2D eigenvalue weighted by atomic mass is 10.2. The number of piperazine rings is 1. The quantitative estimate of drug-likeness (QED) is 0.864. The second-order valence-electron chi connectivity index (χ2n) is 5.19. The number of nitrogens with one attached hydrogen (secondary N) is 1. The van der Waals surface area contributed by atoms with Crippen LogP contribution in [0.1, 0.15) is 30.8 Å². The van der Waals surface area contributed by atoms with E-state index in [9.17, 15) is 0 Å². The summed E-state index contributed by atoms with van der Waals surface area (Å²) in [6, 6.07) is 0. The molecule has 1 aromatic heterocycles. The summed E-state index contributed by atoms with van der Waals surface area (Å²) >= 11 is 1.88. The van der Waals surface area contributed by atoms with E-state index in [1.807, 2.05) is 11.3 Å². The predicted molar refractivity (Wildman–Crippen MR) is 83.2 cm³/mol. The monoisotopic (exact) mass is 282 g/mol. The minimum absolute atomic E-state index is 0.969. The molecule has 0 radical (unpaired) electrons. The van der Waals surface area contributed by atoms with Gasteiger partial charge in [-0.05, 0) is 20.0 Å². The van der Waals surface area contributed by atoms with Crippen LogP contribution in [0.25, 0.3) is 0 Å². The maximum Gasteiger partial charge on any atom is 0.185 e. The van der Waals surface area contributed by atoms with E-state index in [4.69, 9.17) is 4.98 Å². The van der Waals surface area contributed by atoms with Crippen molar-refractivity contribution in [2.75, 3.05) is 44.7 Å². The summed E-state index contributed by atoms with van der Waals surface area (Å²) in [7, 11) is 2.19. The Balaban J connectivity index is 2.07. The maximum atomic E-state index is 4.89. The molecule has 0 atom stereocenters. The summed E-state index contributed by atoms with van der Waals surface area (Å²) < 4.78 is 0. The summed E-state index contributed by atoms with van der Waals surface area (Å²) in [5, 5.41) is 4.66. The topological polar surface area (TPSA) is 31.4 Å². The molecule has 4 nitrogen and oxygen atoms in total. The van der Waals surface area contributed by atoms with E-state index >= 15 is 0 Å². The van der Waals surface area contributed by atoms with E-state index in [0.29, 0.717) is 0 Å². The average Bonchev–Trinajstić information content (AvgIpc) is 2.81. The molecule has 1 aliphatic rings. The van der Waals surface area contributed by atoms with E-state index in [0.717, 1.165) is 45.7 Å². The molecule has 0 unspecified atom stereocenters. The van der Waals surface area contributed by atoms with Crippen LogP contribution in [-0.2, 0) is 13.0 Å². The molecule has 0 aliphatic carbocycles. The van der Waals surface area contributed by atoms with Gasteiger partial charge in [0.25, 0.3) is 0 Å². The van der Waals surface area contributed by atoms with Gasteiger partial charge in [0.05, 0.1) is 5.69 Å². The highest BCUT2D eigenvalue weighted by molar-refractivity contribution is 7.15. The van der Waals surface area contributed by atoms with Gasteiger partial charge in [-0.3, -0.25) is 0 Å². The van der Waals surface area contributed by atoms with Crippen LogP contribution < -0.4 is 10.2 Å². The number of hydrogen-bond acceptors (Lipinski definition) is 5. The second kappa shape index (κ2) is 7.22. The predicted octanol–water partition coefficient (Wildman–Crippen LogP) is 1.96. The van der Waals surface area contributed by atoms with Crippen molar-refractivity contribution in [1.29, 1.82) is 0 Å². The van der Waals surface area contributed by atoms with Crippen LogP contribution >= 0.6 is 11.3 Å². The molecule has 1 N–H and O–H groups in total. The smallest absolute Gasteiger partial charge is 0.185 e. The number of aryl methyl sites for hydroxylation is 1. The fourth-order valence-corrected chi connectivity index (χ4v) is 3.44. The second-order valence-corrected chi connectivity index (χ2v) is 6.25. The highest BCUT2D eigenvalue weighted by Gasteiger charge is 2.19. The van der Waals surface area contributed by atoms with E-state index in [-0.39, 0.29) is 0 Å². The largest absolute Gasteiger partial charge is 0.346 e. The van der Waals surface area contributed by atoms with Crippen LogP contribution in [-0.4, -0.2) is 49.7 Å². The minimum atomic E-state index is 0.969. The van der Waals surface area contributed by atoms with Crippen molar-refractivity contribution in [3.05, 3.63) is 10.6 Å². The first kappa shape index (κ1) is 14.8. The lowest BCUT2D eigenvalue weighted by molar-refractivity contribution is 0.312. The fourth-order valence-electron chi connectivity index (χ4n) is 2.31. The SMILES string of the molecule is CCCc1nc(N2CCN(C)CC2)sc1CNCC. The number of aromatic nitrogens is 1. The van der Waals surface area contributed by atoms with Crippen molar-refractivity contribution in [2.45, 2.75) is 33.2 Å². The molecule has 0 spiro atoms. The van der Waals surface area contributed by atoms with Crippen molar-refractivity contribution in [3.63, 3.8) is 0 Å². The molecule has 0 amide bonds. The Bertz CT molecular complexity index is 383. The number of nitrogens with zero attached hydrogens (tertiary/aromatic N) is 3. The molecular formula is C14H26N4S. The molecule has 108 valence electrons. The summed E-state index contributed by atoms with van der Waals surface area (Å²) in [5.74, 6) is 0. The van der Waals surface area contributed by atoms with Crippen molar-refractivity contribution < 1.29 is 0 Å². The van der Waals surface area contributed by atoms with E-state index in [1.54, 1.807) is 0 Å². The molecule has 2 rings (SSSR count). The zero-order valence-corrected chi connectivity index (χ0v) is 13.2. The maximum absolute atomic E-state index is 4.89. The van der Waals surface area contributed by atoms with Crippen LogP contribution in [0, 0.1) is 0 Å². The van der Waals surface area contributed by atoms with Crippen molar-refractivity contribution >= 4 is 16.5 Å². The molecule has 2 heterocycles. The van der Waals surface area contributed by atoms with Gasteiger partial charge in [0.2, 0.25) is 0 Å². The Morgan fingerprint density at radius 2 is 1.95 bits per heavy atom. The van der Waals surface area contributed by atoms with Gasteiger partial charge in [0.1, 0.15) is 0 Å². The van der Waals surface area contributed by atoms with Gasteiger partial charge in [-0.1, -0.05) is 20.3 Å². The molecule has 19 heavy (non-hydrogen) atoms. The molecular weight excluding hydrogens is 256 g/mol. The third kappa shape index (κ3) is 3.91. The van der Waals surface area contributed by atoms with Crippen LogP contribution in [0.15, 0.2) is 0 Å². The van der Waals surface area contributed by atoms with Gasteiger partial charge in [-0.25, -0.2) is 4.98 Å². The lowest BCUT2D eigenvalue weighted by Crippen LogP contribution is -2.44. The van der Waals surface area contributed by atoms with Crippen molar-refractivity contribution in [1.82, 2.24) is 15.2 Å². The van der Waals surface area contributed by atoms with Gasteiger partial charge in [-0.2, -0.15) is 0 Å². The zero-order chi connectivity index (χ0) is 13.7. The normalized spacial score (nSPS) is 17.1. The molecule has 1 fully saturated rings. The molecule has 0 saturated carbocycles. The molecule has 0 bridgehead atoms. The molecule has 5 heteroatoms. The summed E-state index contributed by atoms with van der Waals surface area (Å²) in [5.41, 5.74) is 1.31. The molecule has 1 aromatic rings. The summed E-state index contributed by atoms with van der Waals surface area (Å²) in [4.78, 5) is 11.1. The molecule has 1 aliphatic heterocycles. The molecule has 0 aromatic carbocycles. The number of rotatable bonds is 6. The Morgan fingerprint density at radius 3 is 2.58 bits per heavy atom. The van der Waals surface area contributed by atoms with Crippen molar-refractivity contribution in [3.8, 4) is 0 Å². The van der Waals surface area contributed by atoms with Gasteiger partial charge < -0.3 is 15.1 Å². The number of thiazole rings is 1. The highest BCUT2D eigenvalue weighted by Crippen LogP contribution is 2.28. The van der Waals surface area contributed by atoms with Crippen LogP contribution in [0.3, 0.4) is 0 Å². The number of hydrogen-bond donors (Lipinski definition) is 1. The van der Waals surface area contributed by atoms with Gasteiger partial charge in [-0.15, -0.1) is 11.3 Å². The average molecular weight is 282 g/mol. The van der Waals surface area contributed by atoms with Crippen LogP contribution in [0.5, 0.6) is 0 Å². The highest BCUT2D eigenvalue weighted by atomic mass is 32.1. The van der Waals surface area contributed by atoms with E-state index in [1.165, 1.54) is 22.1 Å². The lowest BCUT2D eigenvalue weighted by Gasteiger charge is -2.32. The Hall–Kier alpha value is -0.650.